The Morgan fingerprint density at radius 3 is 2.70 bits per heavy atom. The summed E-state index contributed by atoms with van der Waals surface area (Å²) >= 11 is 1.23. The van der Waals surface area contributed by atoms with Crippen molar-refractivity contribution < 1.29 is 19.1 Å². The Labute approximate surface area is 160 Å². The Balaban J connectivity index is 1.47. The normalized spacial score (nSPS) is 13.3. The molecule has 0 bridgehead atoms. The Morgan fingerprint density at radius 2 is 2.04 bits per heavy atom. The standard InChI is InChI=1S/C19H17N3O4S/c20-11-14-7-9-27-19(14)21-16(23)12-26-18(25)10-13-3-5-15(6-4-13)22-8-1-2-17(22)24/h3-7,9H,1-2,8,10,12H2,(H,21,23). The van der Waals surface area contributed by atoms with Crippen LogP contribution in [0.1, 0.15) is 24.0 Å². The molecular formula is C19H17N3O4S. The van der Waals surface area contributed by atoms with Crippen LogP contribution in [-0.4, -0.2) is 30.9 Å². The lowest BCUT2D eigenvalue weighted by atomic mass is 10.1. The van der Waals surface area contributed by atoms with Crippen molar-refractivity contribution in [3.05, 3.63) is 46.8 Å². The molecule has 1 saturated heterocycles. The number of anilines is 2. The first-order chi connectivity index (χ1) is 13.1. The number of hydrogen-bond donors (Lipinski definition) is 1. The van der Waals surface area contributed by atoms with Gasteiger partial charge in [0.25, 0.3) is 5.91 Å². The number of nitrogens with one attached hydrogen (secondary N) is 1. The van der Waals surface area contributed by atoms with Gasteiger partial charge in [-0.3, -0.25) is 14.4 Å². The van der Waals surface area contributed by atoms with Crippen molar-refractivity contribution in [1.82, 2.24) is 0 Å². The summed E-state index contributed by atoms with van der Waals surface area (Å²) in [4.78, 5) is 37.2. The highest BCUT2D eigenvalue weighted by Gasteiger charge is 2.21. The molecule has 1 aromatic heterocycles. The Morgan fingerprint density at radius 1 is 1.26 bits per heavy atom. The maximum Gasteiger partial charge on any atom is 0.310 e. The molecule has 1 fully saturated rings. The molecule has 2 amide bonds. The molecule has 1 N–H and O–H groups in total. The molecular weight excluding hydrogens is 366 g/mol. The molecule has 2 heterocycles. The minimum Gasteiger partial charge on any atom is -0.455 e. The zero-order chi connectivity index (χ0) is 19.2. The zero-order valence-electron chi connectivity index (χ0n) is 14.4. The zero-order valence-corrected chi connectivity index (χ0v) is 15.3. The van der Waals surface area contributed by atoms with Crippen molar-refractivity contribution in [3.8, 4) is 6.07 Å². The molecule has 0 unspecified atom stereocenters. The quantitative estimate of drug-likeness (QED) is 0.773. The molecule has 2 aromatic rings. The van der Waals surface area contributed by atoms with Crippen molar-refractivity contribution in [2.24, 2.45) is 0 Å². The molecule has 0 saturated carbocycles. The lowest BCUT2D eigenvalue weighted by molar-refractivity contribution is -0.146. The van der Waals surface area contributed by atoms with Crippen LogP contribution in [0.3, 0.4) is 0 Å². The van der Waals surface area contributed by atoms with E-state index < -0.39 is 18.5 Å². The molecule has 7 nitrogen and oxygen atoms in total. The number of amides is 2. The second-order valence-corrected chi connectivity index (χ2v) is 6.89. The van der Waals surface area contributed by atoms with Gasteiger partial charge in [-0.15, -0.1) is 11.3 Å². The highest BCUT2D eigenvalue weighted by atomic mass is 32.1. The molecule has 0 aliphatic carbocycles. The number of carbonyl (C=O) groups excluding carboxylic acids is 3. The van der Waals surface area contributed by atoms with Crippen LogP contribution in [0.4, 0.5) is 10.7 Å². The van der Waals surface area contributed by atoms with Crippen LogP contribution in [0.5, 0.6) is 0 Å². The van der Waals surface area contributed by atoms with E-state index in [2.05, 4.69) is 5.32 Å². The number of esters is 1. The van der Waals surface area contributed by atoms with Gasteiger partial charge in [-0.2, -0.15) is 5.26 Å². The maximum atomic E-state index is 11.9. The SMILES string of the molecule is N#Cc1ccsc1NC(=O)COC(=O)Cc1ccc(N2CCCC2=O)cc1. The Kier molecular flexibility index (Phi) is 5.84. The van der Waals surface area contributed by atoms with Crippen molar-refractivity contribution >= 4 is 39.8 Å². The molecule has 138 valence electrons. The molecule has 1 aliphatic rings. The predicted molar refractivity (Wildman–Crippen MR) is 100 cm³/mol. The van der Waals surface area contributed by atoms with Crippen molar-refractivity contribution in [2.45, 2.75) is 19.3 Å². The summed E-state index contributed by atoms with van der Waals surface area (Å²) in [6, 6.07) is 10.7. The Bertz CT molecular complexity index is 898. The number of hydrogen-bond acceptors (Lipinski definition) is 6. The van der Waals surface area contributed by atoms with Gasteiger partial charge in [0, 0.05) is 18.7 Å². The maximum absolute atomic E-state index is 11.9. The second kappa shape index (κ2) is 8.47. The number of nitrogens with zero attached hydrogens (tertiary/aromatic N) is 2. The van der Waals surface area contributed by atoms with Gasteiger partial charge in [0.1, 0.15) is 11.1 Å². The lowest BCUT2D eigenvalue weighted by Gasteiger charge is -2.15. The van der Waals surface area contributed by atoms with Crippen LogP contribution < -0.4 is 10.2 Å². The first-order valence-corrected chi connectivity index (χ1v) is 9.27. The third kappa shape index (κ3) is 4.71. The molecule has 8 heteroatoms. The summed E-state index contributed by atoms with van der Waals surface area (Å²) in [7, 11) is 0. The van der Waals surface area contributed by atoms with E-state index >= 15 is 0 Å². The molecule has 0 spiro atoms. The lowest BCUT2D eigenvalue weighted by Crippen LogP contribution is -2.23. The van der Waals surface area contributed by atoms with Gasteiger partial charge in [-0.05, 0) is 35.6 Å². The average molecular weight is 383 g/mol. The van der Waals surface area contributed by atoms with Crippen LogP contribution >= 0.6 is 11.3 Å². The van der Waals surface area contributed by atoms with E-state index in [0.717, 1.165) is 17.7 Å². The van der Waals surface area contributed by atoms with Crippen LogP contribution in [0.25, 0.3) is 0 Å². The van der Waals surface area contributed by atoms with Crippen LogP contribution in [0.2, 0.25) is 0 Å². The molecule has 0 atom stereocenters. The fourth-order valence-corrected chi connectivity index (χ4v) is 3.49. The molecule has 3 rings (SSSR count). The van der Waals surface area contributed by atoms with E-state index in [-0.39, 0.29) is 12.3 Å². The van der Waals surface area contributed by atoms with Crippen molar-refractivity contribution in [1.29, 1.82) is 5.26 Å². The number of rotatable bonds is 6. The molecule has 1 aliphatic heterocycles. The van der Waals surface area contributed by atoms with E-state index in [1.165, 1.54) is 11.3 Å². The fourth-order valence-electron chi connectivity index (χ4n) is 2.74. The average Bonchev–Trinajstić information content (AvgIpc) is 3.29. The van der Waals surface area contributed by atoms with E-state index in [1.807, 2.05) is 6.07 Å². The summed E-state index contributed by atoms with van der Waals surface area (Å²) < 4.78 is 4.98. The first-order valence-electron chi connectivity index (χ1n) is 8.39. The van der Waals surface area contributed by atoms with Crippen LogP contribution in [0, 0.1) is 11.3 Å². The van der Waals surface area contributed by atoms with E-state index in [0.29, 0.717) is 23.5 Å². The van der Waals surface area contributed by atoms with Gasteiger partial charge < -0.3 is 15.0 Å². The number of thiophene rings is 1. The summed E-state index contributed by atoms with van der Waals surface area (Å²) in [6.07, 6.45) is 1.46. The topological polar surface area (TPSA) is 99.5 Å². The predicted octanol–water partition coefficient (Wildman–Crippen LogP) is 2.47. The summed E-state index contributed by atoms with van der Waals surface area (Å²) in [5.41, 5.74) is 1.93. The summed E-state index contributed by atoms with van der Waals surface area (Å²) in [6.45, 7) is 0.301. The minimum atomic E-state index is -0.526. The van der Waals surface area contributed by atoms with Gasteiger partial charge in [-0.25, -0.2) is 0 Å². The van der Waals surface area contributed by atoms with Gasteiger partial charge in [-0.1, -0.05) is 12.1 Å². The second-order valence-electron chi connectivity index (χ2n) is 5.98. The number of benzene rings is 1. The smallest absolute Gasteiger partial charge is 0.310 e. The van der Waals surface area contributed by atoms with E-state index in [4.69, 9.17) is 10.00 Å². The number of nitriles is 1. The monoisotopic (exact) mass is 383 g/mol. The Hall–Kier alpha value is -3.18. The number of carbonyl (C=O) groups is 3. The van der Waals surface area contributed by atoms with Crippen LogP contribution in [-0.2, 0) is 25.5 Å². The van der Waals surface area contributed by atoms with E-state index in [1.54, 1.807) is 40.6 Å². The van der Waals surface area contributed by atoms with Gasteiger partial charge >= 0.3 is 5.97 Å². The summed E-state index contributed by atoms with van der Waals surface area (Å²) in [5, 5.41) is 13.6. The van der Waals surface area contributed by atoms with E-state index in [9.17, 15) is 14.4 Å². The third-order valence-electron chi connectivity index (χ3n) is 4.07. The van der Waals surface area contributed by atoms with Crippen LogP contribution in [0.15, 0.2) is 35.7 Å². The largest absolute Gasteiger partial charge is 0.455 e. The summed E-state index contributed by atoms with van der Waals surface area (Å²) in [5.74, 6) is -0.912. The van der Waals surface area contributed by atoms with Crippen molar-refractivity contribution in [2.75, 3.05) is 23.4 Å². The van der Waals surface area contributed by atoms with Crippen molar-refractivity contribution in [3.63, 3.8) is 0 Å². The highest BCUT2D eigenvalue weighted by Crippen LogP contribution is 2.22. The van der Waals surface area contributed by atoms with Gasteiger partial charge in [0.05, 0.1) is 12.0 Å². The fraction of sp³-hybridized carbons (Fsp3) is 0.263. The molecule has 27 heavy (non-hydrogen) atoms. The van der Waals surface area contributed by atoms with Gasteiger partial charge in [0.15, 0.2) is 6.61 Å². The number of ether oxygens (including phenoxy) is 1. The first kappa shape index (κ1) is 18.6. The molecule has 1 aromatic carbocycles. The highest BCUT2D eigenvalue weighted by molar-refractivity contribution is 7.14. The third-order valence-corrected chi connectivity index (χ3v) is 4.90. The van der Waals surface area contributed by atoms with Gasteiger partial charge in [0.2, 0.25) is 5.91 Å². The molecule has 0 radical (unpaired) electrons. The minimum absolute atomic E-state index is 0.0317.